The van der Waals surface area contributed by atoms with E-state index in [4.69, 9.17) is 14.5 Å². The Hall–Kier alpha value is -5.61. The van der Waals surface area contributed by atoms with Gasteiger partial charge in [0.15, 0.2) is 0 Å². The molecule has 0 aliphatic carbocycles. The average Bonchev–Trinajstić information content (AvgIpc) is 3.90. The molecule has 0 saturated carbocycles. The minimum absolute atomic E-state index is 0.0314. The number of benzene rings is 2. The average molecular weight is 947 g/mol. The van der Waals surface area contributed by atoms with Crippen LogP contribution in [0.1, 0.15) is 89.3 Å². The maximum absolute atomic E-state index is 14.8. The zero-order chi connectivity index (χ0) is 49.9. The number of phenolic OH excluding ortho intramolecular Hbond substituents is 1. The van der Waals surface area contributed by atoms with Gasteiger partial charge in [-0.2, -0.15) is 0 Å². The van der Waals surface area contributed by atoms with Gasteiger partial charge in [0, 0.05) is 80.9 Å². The molecule has 2 saturated heterocycles. The van der Waals surface area contributed by atoms with Gasteiger partial charge >= 0.3 is 5.97 Å². The first-order valence-corrected chi connectivity index (χ1v) is 24.6. The van der Waals surface area contributed by atoms with Gasteiger partial charge in [0.05, 0.1) is 30.1 Å². The van der Waals surface area contributed by atoms with E-state index in [1.165, 1.54) is 11.1 Å². The highest BCUT2D eigenvalue weighted by Crippen LogP contribution is 2.43. The number of nitrogens with zero attached hydrogens (tertiary/aromatic N) is 6. The second-order valence-corrected chi connectivity index (χ2v) is 20.9. The second-order valence-electron chi connectivity index (χ2n) is 20.9. The van der Waals surface area contributed by atoms with Crippen LogP contribution in [0.5, 0.6) is 5.75 Å². The van der Waals surface area contributed by atoms with Crippen molar-refractivity contribution in [3.63, 3.8) is 0 Å². The van der Waals surface area contributed by atoms with Crippen molar-refractivity contribution in [3.05, 3.63) is 83.7 Å². The van der Waals surface area contributed by atoms with Crippen LogP contribution < -0.4 is 10.7 Å². The molecule has 69 heavy (non-hydrogen) atoms. The van der Waals surface area contributed by atoms with E-state index in [0.29, 0.717) is 64.1 Å². The van der Waals surface area contributed by atoms with Crippen molar-refractivity contribution < 1.29 is 33.8 Å². The van der Waals surface area contributed by atoms with Crippen LogP contribution in [-0.4, -0.2) is 137 Å². The highest BCUT2D eigenvalue weighted by atomic mass is 16.5. The van der Waals surface area contributed by atoms with E-state index in [1.807, 2.05) is 59.1 Å². The lowest BCUT2D eigenvalue weighted by atomic mass is 9.84. The summed E-state index contributed by atoms with van der Waals surface area (Å²) in [5.74, 6) is -1.15. The molecule has 3 amide bonds. The number of likely N-dealkylation sites (tertiary alicyclic amines) is 1. The Labute approximate surface area is 408 Å². The summed E-state index contributed by atoms with van der Waals surface area (Å²) >= 11 is 0. The number of aryl methyl sites for hydroxylation is 1. The zero-order valence-electron chi connectivity index (χ0n) is 42.4. The summed E-state index contributed by atoms with van der Waals surface area (Å²) < 4.78 is 14.4. The third-order valence-corrected chi connectivity index (χ3v) is 14.0. The molecule has 2 aromatic heterocycles. The van der Waals surface area contributed by atoms with Crippen LogP contribution in [-0.2, 0) is 54.6 Å². The quantitative estimate of drug-likeness (QED) is 0.0991. The molecule has 3 N–H and O–H groups in total. The summed E-state index contributed by atoms with van der Waals surface area (Å²) in [5, 5.41) is 17.0. The van der Waals surface area contributed by atoms with E-state index in [0.717, 1.165) is 56.5 Å². The van der Waals surface area contributed by atoms with E-state index in [1.54, 1.807) is 24.1 Å². The van der Waals surface area contributed by atoms with Gasteiger partial charge in [-0.05, 0) is 137 Å². The van der Waals surface area contributed by atoms with Gasteiger partial charge in [-0.1, -0.05) is 46.4 Å². The number of carbonyl (C=O) groups is 4. The van der Waals surface area contributed by atoms with Gasteiger partial charge in [0.1, 0.15) is 17.8 Å². The zero-order valence-corrected chi connectivity index (χ0v) is 42.4. The van der Waals surface area contributed by atoms with Gasteiger partial charge in [-0.15, -0.1) is 0 Å². The summed E-state index contributed by atoms with van der Waals surface area (Å²) in [6.07, 6.45) is 5.43. The monoisotopic (exact) mass is 947 g/mol. The Kier molecular flexibility index (Phi) is 16.0. The highest BCUT2D eigenvalue weighted by molar-refractivity contribution is 5.96. The van der Waals surface area contributed by atoms with Crippen molar-refractivity contribution in [2.45, 2.75) is 111 Å². The maximum Gasteiger partial charge on any atom is 0.324 e. The molecule has 3 aliphatic heterocycles. The maximum atomic E-state index is 14.8. The van der Waals surface area contributed by atoms with Gasteiger partial charge in [-0.25, -0.2) is 5.43 Å². The fraction of sp³-hybridized carbons (Fsp3) is 0.537. The molecule has 15 heteroatoms. The van der Waals surface area contributed by atoms with Crippen molar-refractivity contribution in [2.24, 2.45) is 17.3 Å². The molecule has 7 rings (SSSR count). The summed E-state index contributed by atoms with van der Waals surface area (Å²) in [4.78, 5) is 66.7. The number of hydrogen-bond donors (Lipinski definition) is 3. The Balaban J connectivity index is 1.33. The molecular weight excluding hydrogens is 873 g/mol. The number of rotatable bonds is 13. The fourth-order valence-corrected chi connectivity index (χ4v) is 10.7. The SMILES string of the molecule is C=CC(=O)N1CCC(CN(C)[C@H](C(=O)N[C@H]2Cc3cc(O)cc(c3)-c3ccc4c(c3)c(c(-c3cc(CN(C)C)cnc3[C@H](C)OC)n4CC)CC(C)(C)COC(=O)[C@@H]3CCCN(N3)C2=O)C(C)C)C1. The topological polar surface area (TPSA) is 162 Å². The number of carbonyl (C=O) groups excluding carboxylic acids is 4. The molecule has 5 heterocycles. The normalized spacial score (nSPS) is 20.9. The van der Waals surface area contributed by atoms with Crippen LogP contribution in [0, 0.1) is 17.3 Å². The summed E-state index contributed by atoms with van der Waals surface area (Å²) in [6.45, 7) is 19.6. The predicted octanol–water partition coefficient (Wildman–Crippen LogP) is 6.50. The summed E-state index contributed by atoms with van der Waals surface area (Å²) in [7, 11) is 7.69. The third-order valence-electron chi connectivity index (χ3n) is 14.0. The number of aromatic hydroxyl groups is 1. The summed E-state index contributed by atoms with van der Waals surface area (Å²) in [6, 6.07) is 11.5. The molecule has 1 unspecified atom stereocenters. The molecule has 0 spiro atoms. The number of likely N-dealkylation sites (N-methyl/N-ethyl adjacent to an activating group) is 1. The largest absolute Gasteiger partial charge is 0.508 e. The van der Waals surface area contributed by atoms with E-state index in [9.17, 15) is 24.3 Å². The third kappa shape index (κ3) is 11.5. The highest BCUT2D eigenvalue weighted by Gasteiger charge is 2.38. The van der Waals surface area contributed by atoms with Crippen LogP contribution >= 0.6 is 0 Å². The number of hydrazine groups is 1. The number of hydrogen-bond acceptors (Lipinski definition) is 11. The molecule has 3 aliphatic rings. The number of ether oxygens (including phenoxy) is 2. The fourth-order valence-electron chi connectivity index (χ4n) is 10.7. The minimum atomic E-state index is -1.05. The minimum Gasteiger partial charge on any atom is -0.508 e. The lowest BCUT2D eigenvalue weighted by Gasteiger charge is -2.37. The number of methoxy groups -OCH3 is 1. The second kappa shape index (κ2) is 21.6. The van der Waals surface area contributed by atoms with Gasteiger partial charge in [0.25, 0.3) is 5.91 Å². The Bertz CT molecular complexity index is 2550. The molecule has 4 aromatic rings. The Morgan fingerprint density at radius 3 is 2.54 bits per heavy atom. The number of aromatic nitrogens is 2. The molecular formula is C54H74N8O7. The smallest absolute Gasteiger partial charge is 0.324 e. The first-order valence-electron chi connectivity index (χ1n) is 24.6. The molecule has 372 valence electrons. The van der Waals surface area contributed by atoms with Crippen molar-refractivity contribution in [3.8, 4) is 28.1 Å². The van der Waals surface area contributed by atoms with Crippen molar-refractivity contribution in [1.29, 1.82) is 0 Å². The number of esters is 1. The molecule has 0 radical (unpaired) electrons. The van der Waals surface area contributed by atoms with Crippen molar-refractivity contribution >= 4 is 34.6 Å². The van der Waals surface area contributed by atoms with Crippen LogP contribution in [0.15, 0.2) is 61.3 Å². The van der Waals surface area contributed by atoms with Crippen LogP contribution in [0.25, 0.3) is 33.3 Å². The first kappa shape index (κ1) is 51.2. The number of fused-ring (bicyclic) bond motifs is 6. The molecule has 15 nitrogen and oxygen atoms in total. The van der Waals surface area contributed by atoms with Gasteiger partial charge < -0.3 is 34.3 Å². The van der Waals surface area contributed by atoms with Gasteiger partial charge in [0.2, 0.25) is 11.8 Å². The van der Waals surface area contributed by atoms with Crippen LogP contribution in [0.3, 0.4) is 0 Å². The van der Waals surface area contributed by atoms with E-state index >= 15 is 0 Å². The van der Waals surface area contributed by atoms with E-state index in [-0.39, 0.29) is 48.5 Å². The number of amides is 3. The molecule has 2 aromatic carbocycles. The molecule has 6 bridgehead atoms. The number of phenols is 1. The number of cyclic esters (lactones) is 1. The van der Waals surface area contributed by atoms with E-state index in [2.05, 4.69) is 71.8 Å². The van der Waals surface area contributed by atoms with E-state index < -0.39 is 35.4 Å². The van der Waals surface area contributed by atoms with Crippen LogP contribution in [0.4, 0.5) is 0 Å². The van der Waals surface area contributed by atoms with Gasteiger partial charge in [-0.3, -0.25) is 34.1 Å². The first-order chi connectivity index (χ1) is 32.8. The molecule has 2 fully saturated rings. The lowest BCUT2D eigenvalue weighted by molar-refractivity contribution is -0.155. The number of nitrogens with one attached hydrogen (secondary N) is 2. The standard InChI is InChI=1S/C54H74N8O7/c1-12-47(64)60-20-18-35(31-60)30-59(10)49(33(3)4)51(65)56-45-24-36-21-39(25-40(63)22-36)38-16-17-46-41(26-38)43(27-54(6,7)32-69-53(67)44-15-14-19-62(57-44)52(45)66)50(61(46)13-2)42-23-37(29-58(8)9)28-55-48(42)34(5)68-11/h12,16-17,21-23,25-26,28,33-35,44-45,49,57,63H,1,13-15,18-20,24,27,29-32H2,2-11H3,(H,56,65)/t34-,35?,44-,45-,49-/m0/s1. The predicted molar refractivity (Wildman–Crippen MR) is 269 cm³/mol. The van der Waals surface area contributed by atoms with Crippen LogP contribution in [0.2, 0.25) is 0 Å². The number of pyridine rings is 1. The summed E-state index contributed by atoms with van der Waals surface area (Å²) in [5.41, 5.74) is 10.9. The Morgan fingerprint density at radius 1 is 1.07 bits per heavy atom. The lowest BCUT2D eigenvalue weighted by Crippen LogP contribution is -2.62. The van der Waals surface area contributed by atoms with Crippen molar-refractivity contribution in [2.75, 3.05) is 61.0 Å². The molecule has 5 atom stereocenters. The Morgan fingerprint density at radius 2 is 1.84 bits per heavy atom. The van der Waals surface area contributed by atoms with Crippen molar-refractivity contribution in [1.82, 2.24) is 40.0 Å².